The highest BCUT2D eigenvalue weighted by molar-refractivity contribution is 7.89. The lowest BCUT2D eigenvalue weighted by Crippen LogP contribution is -2.45. The predicted octanol–water partition coefficient (Wildman–Crippen LogP) is 1.12. The monoisotopic (exact) mass is 329 g/mol. The van der Waals surface area contributed by atoms with Gasteiger partial charge < -0.3 is 9.64 Å². The summed E-state index contributed by atoms with van der Waals surface area (Å²) in [4.78, 5) is 12.5. The Kier molecular flexibility index (Phi) is 4.69. The second-order valence-corrected chi connectivity index (χ2v) is 7.16. The molecule has 8 nitrogen and oxygen atoms in total. The molecule has 0 aliphatic carbocycles. The van der Waals surface area contributed by atoms with E-state index in [1.165, 1.54) is 19.2 Å². The van der Waals surface area contributed by atoms with Gasteiger partial charge in [0, 0.05) is 19.2 Å². The molecule has 1 N–H and O–H groups in total. The first-order valence-corrected chi connectivity index (χ1v) is 8.35. The Morgan fingerprint density at radius 3 is 2.41 bits per heavy atom. The minimum absolute atomic E-state index is 0.0518. The van der Waals surface area contributed by atoms with Gasteiger partial charge in [0.1, 0.15) is 5.69 Å². The van der Waals surface area contributed by atoms with Gasteiger partial charge in [-0.3, -0.25) is 10.1 Å². The summed E-state index contributed by atoms with van der Waals surface area (Å²) in [6, 6.07) is 3.94. The van der Waals surface area contributed by atoms with Crippen molar-refractivity contribution >= 4 is 21.4 Å². The van der Waals surface area contributed by atoms with E-state index in [1.54, 1.807) is 0 Å². The number of nitro benzene ring substituents is 1. The van der Waals surface area contributed by atoms with E-state index in [-0.39, 0.29) is 22.8 Å². The van der Waals surface area contributed by atoms with Crippen molar-refractivity contribution in [2.45, 2.75) is 31.0 Å². The maximum Gasteiger partial charge on any atom is 0.293 e. The standard InChI is InChI=1S/C13H19N3O5S/c1-9-7-15(8-10(2)21-9)12-5-4-11(22(19,20)14-3)6-13(12)16(17)18/h4-6,9-10,14H,7-8H2,1-3H3/t9-,10-/m1/s1. The average molecular weight is 329 g/mol. The van der Waals surface area contributed by atoms with Crippen LogP contribution in [0.1, 0.15) is 13.8 Å². The van der Waals surface area contributed by atoms with Crippen LogP contribution >= 0.6 is 0 Å². The normalized spacial score (nSPS) is 22.6. The highest BCUT2D eigenvalue weighted by Crippen LogP contribution is 2.32. The fraction of sp³-hybridized carbons (Fsp3) is 0.538. The smallest absolute Gasteiger partial charge is 0.293 e. The zero-order valence-electron chi connectivity index (χ0n) is 12.6. The molecular weight excluding hydrogens is 310 g/mol. The fourth-order valence-electron chi connectivity index (χ4n) is 2.58. The van der Waals surface area contributed by atoms with Crippen LogP contribution in [0.25, 0.3) is 0 Å². The molecule has 1 aliphatic heterocycles. The molecule has 0 amide bonds. The topological polar surface area (TPSA) is 102 Å². The molecule has 1 fully saturated rings. The largest absolute Gasteiger partial charge is 0.372 e. The van der Waals surface area contributed by atoms with Gasteiger partial charge in [-0.15, -0.1) is 0 Å². The van der Waals surface area contributed by atoms with E-state index in [0.717, 1.165) is 6.07 Å². The van der Waals surface area contributed by atoms with E-state index in [4.69, 9.17) is 4.74 Å². The molecule has 0 spiro atoms. The lowest BCUT2D eigenvalue weighted by Gasteiger charge is -2.36. The van der Waals surface area contributed by atoms with Crippen LogP contribution in [-0.2, 0) is 14.8 Å². The first-order valence-electron chi connectivity index (χ1n) is 6.87. The van der Waals surface area contributed by atoms with Crippen LogP contribution < -0.4 is 9.62 Å². The Morgan fingerprint density at radius 2 is 1.91 bits per heavy atom. The number of hydrogen-bond acceptors (Lipinski definition) is 6. The Bertz CT molecular complexity index is 666. The van der Waals surface area contributed by atoms with Gasteiger partial charge in [0.25, 0.3) is 5.69 Å². The first kappa shape index (κ1) is 16.7. The Labute approximate surface area is 129 Å². The molecular formula is C13H19N3O5S. The lowest BCUT2D eigenvalue weighted by atomic mass is 10.2. The second-order valence-electron chi connectivity index (χ2n) is 5.28. The number of anilines is 1. The summed E-state index contributed by atoms with van der Waals surface area (Å²) in [5.41, 5.74) is 0.180. The van der Waals surface area contributed by atoms with E-state index in [0.29, 0.717) is 18.8 Å². The minimum Gasteiger partial charge on any atom is -0.372 e. The molecule has 122 valence electrons. The van der Waals surface area contributed by atoms with Crippen LogP contribution in [0.5, 0.6) is 0 Å². The molecule has 1 aliphatic rings. The number of hydrogen-bond donors (Lipinski definition) is 1. The van der Waals surface area contributed by atoms with Gasteiger partial charge >= 0.3 is 0 Å². The van der Waals surface area contributed by atoms with E-state index < -0.39 is 14.9 Å². The predicted molar refractivity (Wildman–Crippen MR) is 81.6 cm³/mol. The summed E-state index contributed by atoms with van der Waals surface area (Å²) < 4.78 is 31.4. The number of nitrogens with zero attached hydrogens (tertiary/aromatic N) is 2. The number of ether oxygens (including phenoxy) is 1. The van der Waals surface area contributed by atoms with Crippen molar-refractivity contribution in [3.8, 4) is 0 Å². The van der Waals surface area contributed by atoms with E-state index in [9.17, 15) is 18.5 Å². The number of sulfonamides is 1. The van der Waals surface area contributed by atoms with Gasteiger partial charge in [0.05, 0.1) is 22.0 Å². The maximum absolute atomic E-state index is 11.8. The number of nitro groups is 1. The van der Waals surface area contributed by atoms with Crippen molar-refractivity contribution < 1.29 is 18.1 Å². The molecule has 0 saturated carbocycles. The Morgan fingerprint density at radius 1 is 1.32 bits per heavy atom. The summed E-state index contributed by atoms with van der Waals surface area (Å²) in [6.07, 6.45) is -0.104. The highest BCUT2D eigenvalue weighted by atomic mass is 32.2. The summed E-state index contributed by atoms with van der Waals surface area (Å²) >= 11 is 0. The van der Waals surface area contributed by atoms with Crippen LogP contribution in [-0.4, -0.2) is 45.7 Å². The Hall–Kier alpha value is -1.71. The van der Waals surface area contributed by atoms with E-state index in [2.05, 4.69) is 4.72 Å². The van der Waals surface area contributed by atoms with E-state index in [1.807, 2.05) is 18.7 Å². The number of rotatable bonds is 4. The average Bonchev–Trinajstić information content (AvgIpc) is 2.45. The van der Waals surface area contributed by atoms with Gasteiger partial charge in [-0.1, -0.05) is 0 Å². The molecule has 1 aromatic carbocycles. The molecule has 2 rings (SSSR count). The highest BCUT2D eigenvalue weighted by Gasteiger charge is 2.28. The SMILES string of the molecule is CNS(=O)(=O)c1ccc(N2C[C@@H](C)O[C@H](C)C2)c([N+](=O)[O-])c1. The summed E-state index contributed by atoms with van der Waals surface area (Å²) in [5, 5.41) is 11.3. The van der Waals surface area contributed by atoms with E-state index >= 15 is 0 Å². The van der Waals surface area contributed by atoms with Gasteiger partial charge in [0.15, 0.2) is 0 Å². The summed E-state index contributed by atoms with van der Waals surface area (Å²) in [5.74, 6) is 0. The van der Waals surface area contributed by atoms with Gasteiger partial charge in [0.2, 0.25) is 10.0 Å². The van der Waals surface area contributed by atoms with Crippen molar-refractivity contribution in [1.29, 1.82) is 0 Å². The number of morpholine rings is 1. The molecule has 22 heavy (non-hydrogen) atoms. The zero-order valence-corrected chi connectivity index (χ0v) is 13.5. The van der Waals surface area contributed by atoms with Crippen molar-refractivity contribution in [3.05, 3.63) is 28.3 Å². The Balaban J connectivity index is 2.46. The van der Waals surface area contributed by atoms with Crippen molar-refractivity contribution in [1.82, 2.24) is 4.72 Å². The van der Waals surface area contributed by atoms with Crippen LogP contribution in [0.2, 0.25) is 0 Å². The third-order valence-electron chi connectivity index (χ3n) is 3.48. The van der Waals surface area contributed by atoms with Gasteiger partial charge in [-0.05, 0) is 33.0 Å². The number of benzene rings is 1. The minimum atomic E-state index is -3.72. The van der Waals surface area contributed by atoms with Crippen LogP contribution in [0.15, 0.2) is 23.1 Å². The third kappa shape index (κ3) is 3.37. The van der Waals surface area contributed by atoms with Crippen LogP contribution in [0.3, 0.4) is 0 Å². The molecule has 1 saturated heterocycles. The molecule has 1 heterocycles. The van der Waals surface area contributed by atoms with Gasteiger partial charge in [-0.2, -0.15) is 0 Å². The summed E-state index contributed by atoms with van der Waals surface area (Å²) in [7, 11) is -2.46. The molecule has 0 radical (unpaired) electrons. The molecule has 0 unspecified atom stereocenters. The summed E-state index contributed by atoms with van der Waals surface area (Å²) in [6.45, 7) is 4.83. The lowest BCUT2D eigenvalue weighted by molar-refractivity contribution is -0.384. The maximum atomic E-state index is 11.8. The van der Waals surface area contributed by atoms with Crippen molar-refractivity contribution in [2.75, 3.05) is 25.0 Å². The first-order chi connectivity index (χ1) is 10.2. The quantitative estimate of drug-likeness (QED) is 0.656. The van der Waals surface area contributed by atoms with Crippen molar-refractivity contribution in [3.63, 3.8) is 0 Å². The number of nitrogens with one attached hydrogen (secondary N) is 1. The molecule has 0 bridgehead atoms. The molecule has 2 atom stereocenters. The molecule has 0 aromatic heterocycles. The van der Waals surface area contributed by atoms with Crippen molar-refractivity contribution in [2.24, 2.45) is 0 Å². The molecule has 9 heteroatoms. The van der Waals surface area contributed by atoms with Crippen LogP contribution in [0, 0.1) is 10.1 Å². The molecule has 1 aromatic rings. The van der Waals surface area contributed by atoms with Gasteiger partial charge in [-0.25, -0.2) is 13.1 Å². The van der Waals surface area contributed by atoms with Crippen LogP contribution in [0.4, 0.5) is 11.4 Å². The zero-order chi connectivity index (χ0) is 16.5. The third-order valence-corrected chi connectivity index (χ3v) is 4.89. The fourth-order valence-corrected chi connectivity index (χ4v) is 3.33. The second kappa shape index (κ2) is 6.19.